The van der Waals surface area contributed by atoms with Crippen LogP contribution >= 0.6 is 39.0 Å². The fourth-order valence-electron chi connectivity index (χ4n) is 1.92. The number of fused-ring (bicyclic) bond motifs is 1. The van der Waals surface area contributed by atoms with Gasteiger partial charge in [0.2, 0.25) is 11.9 Å². The molecule has 0 unspecified atom stereocenters. The topological polar surface area (TPSA) is 56.3 Å². The molecule has 1 N–H and O–H groups in total. The molecular formula is C14H16BrN3O2S2. The van der Waals surface area contributed by atoms with Crippen molar-refractivity contribution in [1.29, 1.82) is 0 Å². The SMILES string of the molecule is CCCCNc1nnc(SCc2cc3c(cc2Br)OCO3)s1. The second-order valence-corrected chi connectivity index (χ2v) is 7.79. The Balaban J connectivity index is 1.58. The highest BCUT2D eigenvalue weighted by Gasteiger charge is 2.16. The van der Waals surface area contributed by atoms with Crippen molar-refractivity contribution in [3.63, 3.8) is 0 Å². The molecule has 0 saturated heterocycles. The van der Waals surface area contributed by atoms with Crippen LogP contribution in [0.1, 0.15) is 25.3 Å². The summed E-state index contributed by atoms with van der Waals surface area (Å²) in [4.78, 5) is 0. The van der Waals surface area contributed by atoms with Gasteiger partial charge in [-0.05, 0) is 24.1 Å². The van der Waals surface area contributed by atoms with Crippen molar-refractivity contribution in [3.8, 4) is 11.5 Å². The Morgan fingerprint density at radius 2 is 2.14 bits per heavy atom. The monoisotopic (exact) mass is 401 g/mol. The summed E-state index contributed by atoms with van der Waals surface area (Å²) in [6.07, 6.45) is 2.32. The van der Waals surface area contributed by atoms with Crippen molar-refractivity contribution >= 4 is 44.2 Å². The van der Waals surface area contributed by atoms with E-state index in [0.717, 1.165) is 49.7 Å². The Bertz CT molecular complexity index is 651. The van der Waals surface area contributed by atoms with E-state index in [4.69, 9.17) is 9.47 Å². The average molecular weight is 402 g/mol. The summed E-state index contributed by atoms with van der Waals surface area (Å²) < 4.78 is 12.8. The largest absolute Gasteiger partial charge is 0.454 e. The number of benzene rings is 1. The number of unbranched alkanes of at least 4 members (excludes halogenated alkanes) is 1. The first kappa shape index (κ1) is 15.9. The van der Waals surface area contributed by atoms with Gasteiger partial charge in [-0.15, -0.1) is 10.2 Å². The van der Waals surface area contributed by atoms with Gasteiger partial charge in [0, 0.05) is 16.8 Å². The first-order valence-electron chi connectivity index (χ1n) is 7.04. The number of hydrogen-bond donors (Lipinski definition) is 1. The Hall–Kier alpha value is -0.990. The van der Waals surface area contributed by atoms with Crippen LogP contribution < -0.4 is 14.8 Å². The van der Waals surface area contributed by atoms with Crippen LogP contribution in [-0.4, -0.2) is 23.5 Å². The number of rotatable bonds is 7. The molecule has 0 bridgehead atoms. The summed E-state index contributed by atoms with van der Waals surface area (Å²) in [5.41, 5.74) is 1.16. The Labute approximate surface area is 145 Å². The highest BCUT2D eigenvalue weighted by atomic mass is 79.9. The quantitative estimate of drug-likeness (QED) is 0.542. The number of thioether (sulfide) groups is 1. The first-order chi connectivity index (χ1) is 10.8. The molecule has 0 fully saturated rings. The van der Waals surface area contributed by atoms with Gasteiger partial charge in [0.1, 0.15) is 0 Å². The van der Waals surface area contributed by atoms with Gasteiger partial charge in [-0.3, -0.25) is 0 Å². The molecule has 0 radical (unpaired) electrons. The van der Waals surface area contributed by atoms with Crippen LogP contribution in [0.3, 0.4) is 0 Å². The van der Waals surface area contributed by atoms with E-state index in [-0.39, 0.29) is 0 Å². The third-order valence-electron chi connectivity index (χ3n) is 3.11. The number of anilines is 1. The third kappa shape index (κ3) is 3.85. The molecule has 0 atom stereocenters. The molecule has 0 spiro atoms. The summed E-state index contributed by atoms with van der Waals surface area (Å²) >= 11 is 6.84. The van der Waals surface area contributed by atoms with E-state index >= 15 is 0 Å². The van der Waals surface area contributed by atoms with Crippen molar-refractivity contribution in [2.45, 2.75) is 29.9 Å². The fraction of sp³-hybridized carbons (Fsp3) is 0.429. The molecule has 2 aromatic rings. The molecule has 1 aromatic carbocycles. The van der Waals surface area contributed by atoms with Gasteiger partial charge in [0.15, 0.2) is 15.8 Å². The van der Waals surface area contributed by atoms with Crippen molar-refractivity contribution in [1.82, 2.24) is 10.2 Å². The van der Waals surface area contributed by atoms with Crippen molar-refractivity contribution < 1.29 is 9.47 Å². The van der Waals surface area contributed by atoms with Crippen LogP contribution in [-0.2, 0) is 5.75 Å². The van der Waals surface area contributed by atoms with Gasteiger partial charge in [0.25, 0.3) is 0 Å². The standard InChI is InChI=1S/C14H16BrN3O2S2/c1-2-3-4-16-13-17-18-14(22-13)21-7-9-5-11-12(6-10(9)15)20-8-19-11/h5-6H,2-4,7-8H2,1H3,(H,16,17). The van der Waals surface area contributed by atoms with Gasteiger partial charge >= 0.3 is 0 Å². The molecule has 3 rings (SSSR count). The lowest BCUT2D eigenvalue weighted by Crippen LogP contribution is -1.99. The molecule has 0 saturated carbocycles. The number of nitrogens with zero attached hydrogens (tertiary/aromatic N) is 2. The summed E-state index contributed by atoms with van der Waals surface area (Å²) in [6, 6.07) is 3.97. The fourth-order valence-corrected chi connectivity index (χ4v) is 4.34. The second-order valence-electron chi connectivity index (χ2n) is 4.74. The average Bonchev–Trinajstić information content (AvgIpc) is 3.14. The van der Waals surface area contributed by atoms with E-state index < -0.39 is 0 Å². The van der Waals surface area contributed by atoms with Crippen LogP contribution in [0.25, 0.3) is 0 Å². The molecule has 1 aliphatic rings. The lowest BCUT2D eigenvalue weighted by molar-refractivity contribution is 0.174. The molecule has 5 nitrogen and oxygen atoms in total. The molecule has 2 heterocycles. The molecule has 22 heavy (non-hydrogen) atoms. The molecular weight excluding hydrogens is 386 g/mol. The van der Waals surface area contributed by atoms with Crippen molar-refractivity contribution in [2.24, 2.45) is 0 Å². The normalized spacial score (nSPS) is 12.6. The van der Waals surface area contributed by atoms with Crippen LogP contribution in [0.5, 0.6) is 11.5 Å². The zero-order chi connectivity index (χ0) is 15.4. The Morgan fingerprint density at radius 1 is 1.32 bits per heavy atom. The Kier molecular flexibility index (Phi) is 5.43. The molecule has 118 valence electrons. The molecule has 0 amide bonds. The summed E-state index contributed by atoms with van der Waals surface area (Å²) in [5.74, 6) is 2.40. The van der Waals surface area contributed by atoms with Gasteiger partial charge < -0.3 is 14.8 Å². The van der Waals surface area contributed by atoms with E-state index in [1.54, 1.807) is 23.1 Å². The van der Waals surface area contributed by atoms with Gasteiger partial charge in [-0.25, -0.2) is 0 Å². The van der Waals surface area contributed by atoms with Crippen molar-refractivity contribution in [3.05, 3.63) is 22.2 Å². The number of hydrogen-bond acceptors (Lipinski definition) is 7. The van der Waals surface area contributed by atoms with Crippen LogP contribution in [0.4, 0.5) is 5.13 Å². The maximum atomic E-state index is 5.42. The number of ether oxygens (including phenoxy) is 2. The van der Waals surface area contributed by atoms with Gasteiger partial charge in [0.05, 0.1) is 0 Å². The third-order valence-corrected chi connectivity index (χ3v) is 5.91. The van der Waals surface area contributed by atoms with E-state index in [1.807, 2.05) is 12.1 Å². The van der Waals surface area contributed by atoms with Crippen LogP contribution in [0.2, 0.25) is 0 Å². The number of aromatic nitrogens is 2. The zero-order valence-electron chi connectivity index (χ0n) is 12.1. The molecule has 1 aromatic heterocycles. The maximum absolute atomic E-state index is 5.42. The highest BCUT2D eigenvalue weighted by Crippen LogP contribution is 2.39. The van der Waals surface area contributed by atoms with E-state index in [0.29, 0.717) is 6.79 Å². The minimum absolute atomic E-state index is 0.293. The summed E-state index contributed by atoms with van der Waals surface area (Å²) in [6.45, 7) is 3.41. The number of halogens is 1. The van der Waals surface area contributed by atoms with Crippen LogP contribution in [0.15, 0.2) is 20.9 Å². The van der Waals surface area contributed by atoms with E-state index in [1.165, 1.54) is 6.42 Å². The van der Waals surface area contributed by atoms with Gasteiger partial charge in [-0.2, -0.15) is 0 Å². The van der Waals surface area contributed by atoms with Crippen molar-refractivity contribution in [2.75, 3.05) is 18.7 Å². The summed E-state index contributed by atoms with van der Waals surface area (Å²) in [7, 11) is 0. The Morgan fingerprint density at radius 3 is 2.95 bits per heavy atom. The smallest absolute Gasteiger partial charge is 0.231 e. The van der Waals surface area contributed by atoms with Crippen LogP contribution in [0, 0.1) is 0 Å². The van der Waals surface area contributed by atoms with E-state index in [9.17, 15) is 0 Å². The molecule has 0 aliphatic carbocycles. The predicted molar refractivity (Wildman–Crippen MR) is 93.1 cm³/mol. The predicted octanol–water partition coefficient (Wildman–Crippen LogP) is 4.53. The zero-order valence-corrected chi connectivity index (χ0v) is 15.3. The second kappa shape index (κ2) is 7.52. The highest BCUT2D eigenvalue weighted by molar-refractivity contribution is 9.10. The van der Waals surface area contributed by atoms with E-state index in [2.05, 4.69) is 38.4 Å². The minimum atomic E-state index is 0.293. The first-order valence-corrected chi connectivity index (χ1v) is 9.64. The minimum Gasteiger partial charge on any atom is -0.454 e. The lowest BCUT2D eigenvalue weighted by atomic mass is 10.2. The lowest BCUT2D eigenvalue weighted by Gasteiger charge is -2.04. The number of nitrogens with one attached hydrogen (secondary N) is 1. The van der Waals surface area contributed by atoms with Gasteiger partial charge in [-0.1, -0.05) is 52.4 Å². The molecule has 8 heteroatoms. The summed E-state index contributed by atoms with van der Waals surface area (Å²) in [5, 5.41) is 12.6. The maximum Gasteiger partial charge on any atom is 0.231 e. The molecule has 1 aliphatic heterocycles.